The van der Waals surface area contributed by atoms with Crippen LogP contribution in [0.4, 0.5) is 5.69 Å². The average Bonchev–Trinajstić information content (AvgIpc) is 2.90. The number of nitrogens with one attached hydrogen (secondary N) is 1. The largest absolute Gasteiger partial charge is 0.497 e. The molecular formula is C17H16ClN3O2. The Morgan fingerprint density at radius 3 is 2.70 bits per heavy atom. The predicted octanol–water partition coefficient (Wildman–Crippen LogP) is 3.73. The van der Waals surface area contributed by atoms with Gasteiger partial charge < -0.3 is 10.1 Å². The lowest BCUT2D eigenvalue weighted by atomic mass is 10.2. The van der Waals surface area contributed by atoms with Gasteiger partial charge in [0.1, 0.15) is 5.75 Å². The molecule has 5 nitrogen and oxygen atoms in total. The predicted molar refractivity (Wildman–Crippen MR) is 91.0 cm³/mol. The smallest absolute Gasteiger partial charge is 0.226 e. The Labute approximate surface area is 138 Å². The van der Waals surface area contributed by atoms with Gasteiger partial charge in [0.05, 0.1) is 19.2 Å². The van der Waals surface area contributed by atoms with Crippen LogP contribution in [0.5, 0.6) is 5.75 Å². The molecule has 23 heavy (non-hydrogen) atoms. The first-order valence-electron chi connectivity index (χ1n) is 7.22. The third-order valence-electron chi connectivity index (χ3n) is 3.54. The van der Waals surface area contributed by atoms with Crippen LogP contribution in [0.3, 0.4) is 0 Å². The van der Waals surface area contributed by atoms with Crippen LogP contribution in [0.1, 0.15) is 6.42 Å². The average molecular weight is 330 g/mol. The molecule has 0 aliphatic heterocycles. The molecule has 0 aliphatic carbocycles. The number of carbonyl (C=O) groups is 1. The van der Waals surface area contributed by atoms with E-state index in [9.17, 15) is 4.79 Å². The second-order valence-corrected chi connectivity index (χ2v) is 5.42. The number of aromatic nitrogens is 2. The number of fused-ring (bicyclic) bond motifs is 1. The number of aryl methyl sites for hydroxylation is 1. The summed E-state index contributed by atoms with van der Waals surface area (Å²) in [7, 11) is 1.60. The topological polar surface area (TPSA) is 56.1 Å². The SMILES string of the molecule is COc1ccc(NC(=O)CCn2nc(Cl)c3ccccc32)cc1. The van der Waals surface area contributed by atoms with Gasteiger partial charge in [0, 0.05) is 17.5 Å². The number of benzene rings is 2. The number of amides is 1. The highest BCUT2D eigenvalue weighted by molar-refractivity contribution is 6.34. The highest BCUT2D eigenvalue weighted by Gasteiger charge is 2.09. The number of rotatable bonds is 5. The second-order valence-electron chi connectivity index (χ2n) is 5.06. The van der Waals surface area contributed by atoms with E-state index in [1.54, 1.807) is 36.1 Å². The minimum atomic E-state index is -0.0779. The van der Waals surface area contributed by atoms with Gasteiger partial charge in [-0.15, -0.1) is 0 Å². The Hall–Kier alpha value is -2.53. The molecule has 118 valence electrons. The number of halogens is 1. The number of hydrogen-bond acceptors (Lipinski definition) is 3. The van der Waals surface area contributed by atoms with Crippen molar-refractivity contribution in [3.05, 3.63) is 53.7 Å². The van der Waals surface area contributed by atoms with Gasteiger partial charge in [0.15, 0.2) is 5.15 Å². The Bertz CT molecular complexity index is 827. The van der Waals surface area contributed by atoms with Crippen LogP contribution in [0, 0.1) is 0 Å². The molecule has 0 unspecified atom stereocenters. The van der Waals surface area contributed by atoms with Crippen LogP contribution >= 0.6 is 11.6 Å². The number of methoxy groups -OCH3 is 1. The summed E-state index contributed by atoms with van der Waals surface area (Å²) in [6, 6.07) is 14.9. The minimum absolute atomic E-state index is 0.0779. The van der Waals surface area contributed by atoms with E-state index < -0.39 is 0 Å². The monoisotopic (exact) mass is 329 g/mol. The van der Waals surface area contributed by atoms with Crippen molar-refractivity contribution in [3.8, 4) is 5.75 Å². The zero-order chi connectivity index (χ0) is 16.2. The van der Waals surface area contributed by atoms with Crippen molar-refractivity contribution < 1.29 is 9.53 Å². The van der Waals surface area contributed by atoms with Gasteiger partial charge in [-0.1, -0.05) is 23.7 Å². The van der Waals surface area contributed by atoms with Gasteiger partial charge in [0.2, 0.25) is 5.91 Å². The number of anilines is 1. The molecule has 0 spiro atoms. The first kappa shape index (κ1) is 15.4. The van der Waals surface area contributed by atoms with E-state index in [4.69, 9.17) is 16.3 Å². The molecule has 0 aliphatic rings. The highest BCUT2D eigenvalue weighted by Crippen LogP contribution is 2.22. The summed E-state index contributed by atoms with van der Waals surface area (Å²) >= 11 is 6.11. The molecule has 6 heteroatoms. The Morgan fingerprint density at radius 2 is 1.96 bits per heavy atom. The van der Waals surface area contributed by atoms with Crippen molar-refractivity contribution in [2.75, 3.05) is 12.4 Å². The molecule has 1 heterocycles. The molecule has 2 aromatic carbocycles. The molecule has 0 atom stereocenters. The van der Waals surface area contributed by atoms with E-state index >= 15 is 0 Å². The van der Waals surface area contributed by atoms with Crippen molar-refractivity contribution in [1.82, 2.24) is 9.78 Å². The number of para-hydroxylation sites is 1. The third-order valence-corrected chi connectivity index (χ3v) is 3.82. The summed E-state index contributed by atoms with van der Waals surface area (Å²) in [4.78, 5) is 12.1. The summed E-state index contributed by atoms with van der Waals surface area (Å²) in [5, 5.41) is 8.47. The molecule has 3 rings (SSSR count). The van der Waals surface area contributed by atoms with Crippen molar-refractivity contribution >= 4 is 34.1 Å². The van der Waals surface area contributed by atoms with Gasteiger partial charge in [-0.3, -0.25) is 9.48 Å². The zero-order valence-electron chi connectivity index (χ0n) is 12.6. The van der Waals surface area contributed by atoms with Crippen molar-refractivity contribution in [1.29, 1.82) is 0 Å². The fraction of sp³-hybridized carbons (Fsp3) is 0.176. The molecule has 0 bridgehead atoms. The summed E-state index contributed by atoms with van der Waals surface area (Å²) in [5.74, 6) is 0.673. The maximum atomic E-state index is 12.1. The van der Waals surface area contributed by atoms with Gasteiger partial charge in [0.25, 0.3) is 0 Å². The standard InChI is InChI=1S/C17H16ClN3O2/c1-23-13-8-6-12(7-9-13)19-16(22)10-11-21-15-5-3-2-4-14(15)17(18)20-21/h2-9H,10-11H2,1H3,(H,19,22). The fourth-order valence-electron chi connectivity index (χ4n) is 2.36. The summed E-state index contributed by atoms with van der Waals surface area (Å²) in [6.07, 6.45) is 0.314. The maximum absolute atomic E-state index is 12.1. The van der Waals surface area contributed by atoms with E-state index in [0.717, 1.165) is 22.3 Å². The fourth-order valence-corrected chi connectivity index (χ4v) is 2.61. The van der Waals surface area contributed by atoms with Gasteiger partial charge >= 0.3 is 0 Å². The molecular weight excluding hydrogens is 314 g/mol. The molecule has 1 N–H and O–H groups in total. The quantitative estimate of drug-likeness (QED) is 0.776. The number of ether oxygens (including phenoxy) is 1. The maximum Gasteiger partial charge on any atom is 0.226 e. The second kappa shape index (κ2) is 6.71. The normalized spacial score (nSPS) is 10.7. The molecule has 0 saturated carbocycles. The number of nitrogens with zero attached hydrogens (tertiary/aromatic N) is 2. The zero-order valence-corrected chi connectivity index (χ0v) is 13.4. The lowest BCUT2D eigenvalue weighted by Crippen LogP contribution is -2.15. The van der Waals surface area contributed by atoms with Crippen LogP contribution in [-0.4, -0.2) is 22.8 Å². The first-order valence-corrected chi connectivity index (χ1v) is 7.60. The molecule has 1 amide bonds. The minimum Gasteiger partial charge on any atom is -0.497 e. The van der Waals surface area contributed by atoms with Crippen LogP contribution < -0.4 is 10.1 Å². The van der Waals surface area contributed by atoms with Gasteiger partial charge in [-0.2, -0.15) is 5.10 Å². The van der Waals surface area contributed by atoms with Crippen LogP contribution in [0.2, 0.25) is 5.15 Å². The number of hydrogen-bond donors (Lipinski definition) is 1. The summed E-state index contributed by atoms with van der Waals surface area (Å²) in [5.41, 5.74) is 1.66. The molecule has 0 fully saturated rings. The molecule has 0 radical (unpaired) electrons. The highest BCUT2D eigenvalue weighted by atomic mass is 35.5. The van der Waals surface area contributed by atoms with Crippen molar-refractivity contribution in [3.63, 3.8) is 0 Å². The van der Waals surface area contributed by atoms with Gasteiger partial charge in [-0.05, 0) is 36.4 Å². The molecule has 3 aromatic rings. The number of carbonyl (C=O) groups excluding carboxylic acids is 1. The summed E-state index contributed by atoms with van der Waals surface area (Å²) in [6.45, 7) is 0.467. The van der Waals surface area contributed by atoms with Crippen LogP contribution in [0.25, 0.3) is 10.9 Å². The van der Waals surface area contributed by atoms with E-state index in [0.29, 0.717) is 18.1 Å². The molecule has 0 saturated heterocycles. The van der Waals surface area contributed by atoms with E-state index in [1.165, 1.54) is 0 Å². The Morgan fingerprint density at radius 1 is 1.22 bits per heavy atom. The van der Waals surface area contributed by atoms with Crippen molar-refractivity contribution in [2.45, 2.75) is 13.0 Å². The Kier molecular flexibility index (Phi) is 4.48. The van der Waals surface area contributed by atoms with Crippen LogP contribution in [0.15, 0.2) is 48.5 Å². The first-order chi connectivity index (χ1) is 11.2. The van der Waals surface area contributed by atoms with Crippen molar-refractivity contribution in [2.24, 2.45) is 0 Å². The van der Waals surface area contributed by atoms with Crippen LogP contribution in [-0.2, 0) is 11.3 Å². The lowest BCUT2D eigenvalue weighted by Gasteiger charge is -2.07. The van der Waals surface area contributed by atoms with Gasteiger partial charge in [-0.25, -0.2) is 0 Å². The summed E-state index contributed by atoms with van der Waals surface area (Å²) < 4.78 is 6.84. The van der Waals surface area contributed by atoms with E-state index in [-0.39, 0.29) is 5.91 Å². The lowest BCUT2D eigenvalue weighted by molar-refractivity contribution is -0.116. The molecule has 1 aromatic heterocycles. The van der Waals surface area contributed by atoms with E-state index in [1.807, 2.05) is 24.3 Å². The van der Waals surface area contributed by atoms with E-state index in [2.05, 4.69) is 10.4 Å². The Balaban J connectivity index is 1.63. The third kappa shape index (κ3) is 3.46.